The zero-order valence-corrected chi connectivity index (χ0v) is 9.28. The van der Waals surface area contributed by atoms with E-state index in [2.05, 4.69) is 9.97 Å². The number of aromatic nitrogens is 3. The van der Waals surface area contributed by atoms with Crippen LogP contribution in [-0.4, -0.2) is 15.0 Å². The summed E-state index contributed by atoms with van der Waals surface area (Å²) < 4.78 is 38.2. The molecule has 0 radical (unpaired) electrons. The molecule has 2 aromatic rings. The average molecular weight is 284 g/mol. The van der Waals surface area contributed by atoms with Crippen molar-refractivity contribution in [3.63, 3.8) is 0 Å². The Morgan fingerprint density at radius 2 is 1.82 bits per heavy atom. The number of hydrogen-bond acceptors (Lipinski definition) is 3. The number of rotatable bonds is 1. The minimum Gasteiger partial charge on any atom is -0.305 e. The van der Waals surface area contributed by atoms with E-state index in [9.17, 15) is 18.0 Å². The van der Waals surface area contributed by atoms with Crippen LogP contribution in [0.15, 0.2) is 4.79 Å². The molecule has 0 bridgehead atoms. The Balaban J connectivity index is 2.97. The summed E-state index contributed by atoms with van der Waals surface area (Å²) >= 11 is 10.9. The highest BCUT2D eigenvalue weighted by atomic mass is 35.5. The first kappa shape index (κ1) is 12.1. The zero-order chi connectivity index (χ0) is 12.7. The Kier molecular flexibility index (Phi) is 2.96. The number of nitrogens with zero attached hydrogens (tertiary/aromatic N) is 2. The van der Waals surface area contributed by atoms with Crippen LogP contribution in [0, 0.1) is 5.82 Å². The van der Waals surface area contributed by atoms with Gasteiger partial charge in [0.25, 0.3) is 12.0 Å². The molecule has 2 aromatic heterocycles. The molecule has 17 heavy (non-hydrogen) atoms. The highest BCUT2D eigenvalue weighted by molar-refractivity contribution is 6.36. The van der Waals surface area contributed by atoms with E-state index in [4.69, 9.17) is 23.2 Å². The van der Waals surface area contributed by atoms with Crippen LogP contribution in [-0.2, 0) is 0 Å². The molecule has 2 rings (SSSR count). The Labute approximate surface area is 101 Å². The molecular formula is C8H2Cl2F3N3O. The van der Waals surface area contributed by atoms with E-state index in [0.717, 1.165) is 0 Å². The van der Waals surface area contributed by atoms with Crippen molar-refractivity contribution in [2.24, 2.45) is 0 Å². The van der Waals surface area contributed by atoms with Gasteiger partial charge in [0.2, 0.25) is 0 Å². The van der Waals surface area contributed by atoms with Crippen LogP contribution in [0.2, 0.25) is 10.3 Å². The van der Waals surface area contributed by atoms with Gasteiger partial charge in [0.1, 0.15) is 16.1 Å². The van der Waals surface area contributed by atoms with Crippen molar-refractivity contribution in [2.75, 3.05) is 0 Å². The summed E-state index contributed by atoms with van der Waals surface area (Å²) in [7, 11) is 0. The molecule has 0 spiro atoms. The van der Waals surface area contributed by atoms with Crippen molar-refractivity contribution < 1.29 is 13.2 Å². The van der Waals surface area contributed by atoms with Crippen molar-refractivity contribution in [2.45, 2.75) is 6.43 Å². The summed E-state index contributed by atoms with van der Waals surface area (Å²) in [5, 5.41) is -1.46. The van der Waals surface area contributed by atoms with Gasteiger partial charge in [-0.05, 0) is 0 Å². The second kappa shape index (κ2) is 4.15. The first-order chi connectivity index (χ1) is 7.91. The van der Waals surface area contributed by atoms with E-state index in [1.165, 1.54) is 0 Å². The molecule has 4 nitrogen and oxygen atoms in total. The number of hydrogen-bond donors (Lipinski definition) is 1. The van der Waals surface area contributed by atoms with Crippen LogP contribution in [0.5, 0.6) is 0 Å². The fraction of sp³-hybridized carbons (Fsp3) is 0.125. The summed E-state index contributed by atoms with van der Waals surface area (Å²) in [6.07, 6.45) is -3.04. The molecule has 0 aliphatic carbocycles. The van der Waals surface area contributed by atoms with Crippen LogP contribution in [0.4, 0.5) is 13.2 Å². The molecule has 0 saturated heterocycles. The molecule has 0 aliphatic heterocycles. The summed E-state index contributed by atoms with van der Waals surface area (Å²) in [5.74, 6) is -2.13. The van der Waals surface area contributed by atoms with E-state index in [-0.39, 0.29) is 0 Å². The molecule has 0 aliphatic rings. The first-order valence-corrected chi connectivity index (χ1v) is 4.90. The maximum Gasteiger partial charge on any atom is 0.295 e. The molecule has 0 saturated carbocycles. The first-order valence-electron chi connectivity index (χ1n) is 4.14. The Morgan fingerprint density at radius 3 is 2.41 bits per heavy atom. The maximum atomic E-state index is 13.5. The lowest BCUT2D eigenvalue weighted by Crippen LogP contribution is -2.14. The van der Waals surface area contributed by atoms with Crippen LogP contribution in [0.3, 0.4) is 0 Å². The third-order valence-electron chi connectivity index (χ3n) is 1.94. The molecule has 90 valence electrons. The van der Waals surface area contributed by atoms with Crippen molar-refractivity contribution >= 4 is 34.1 Å². The topological polar surface area (TPSA) is 58.6 Å². The molecule has 9 heteroatoms. The third kappa shape index (κ3) is 1.96. The van der Waals surface area contributed by atoms with Gasteiger partial charge in [0.15, 0.2) is 16.8 Å². The number of halogens is 5. The second-order valence-electron chi connectivity index (χ2n) is 2.98. The quantitative estimate of drug-likeness (QED) is 0.819. The molecule has 2 heterocycles. The maximum absolute atomic E-state index is 13.5. The number of nitrogens with one attached hydrogen (secondary N) is 1. The molecule has 0 fully saturated rings. The van der Waals surface area contributed by atoms with Crippen molar-refractivity contribution in [1.29, 1.82) is 0 Å². The number of aromatic amines is 1. The van der Waals surface area contributed by atoms with Gasteiger partial charge in [-0.15, -0.1) is 0 Å². The number of H-pyrrole nitrogens is 1. The molecular weight excluding hydrogens is 282 g/mol. The summed E-state index contributed by atoms with van der Waals surface area (Å²) in [5.41, 5.74) is -1.63. The lowest BCUT2D eigenvalue weighted by atomic mass is 10.3. The Hall–Kier alpha value is -1.34. The van der Waals surface area contributed by atoms with Gasteiger partial charge in [0.05, 0.1) is 0 Å². The van der Waals surface area contributed by atoms with Crippen molar-refractivity contribution in [3.8, 4) is 0 Å². The SMILES string of the molecule is O=c1[nH]c(C(F)F)nc2c(F)c(Cl)nc(Cl)c12. The second-order valence-corrected chi connectivity index (χ2v) is 3.70. The molecule has 0 unspecified atom stereocenters. The van der Waals surface area contributed by atoms with Gasteiger partial charge in [-0.3, -0.25) is 4.79 Å². The monoisotopic (exact) mass is 283 g/mol. The smallest absolute Gasteiger partial charge is 0.295 e. The van der Waals surface area contributed by atoms with Gasteiger partial charge in [-0.25, -0.2) is 23.1 Å². The van der Waals surface area contributed by atoms with E-state index in [1.54, 1.807) is 4.98 Å². The van der Waals surface area contributed by atoms with E-state index < -0.39 is 44.8 Å². The van der Waals surface area contributed by atoms with Crippen LogP contribution in [0.1, 0.15) is 12.2 Å². The highest BCUT2D eigenvalue weighted by Crippen LogP contribution is 2.25. The summed E-state index contributed by atoms with van der Waals surface area (Å²) in [6, 6.07) is 0. The van der Waals surface area contributed by atoms with E-state index in [0.29, 0.717) is 0 Å². The van der Waals surface area contributed by atoms with Gasteiger partial charge < -0.3 is 4.98 Å². The minimum atomic E-state index is -3.04. The number of alkyl halides is 2. The van der Waals surface area contributed by atoms with Gasteiger partial charge in [-0.2, -0.15) is 0 Å². The highest BCUT2D eigenvalue weighted by Gasteiger charge is 2.19. The van der Waals surface area contributed by atoms with Gasteiger partial charge >= 0.3 is 0 Å². The van der Waals surface area contributed by atoms with Crippen LogP contribution < -0.4 is 5.56 Å². The fourth-order valence-corrected chi connectivity index (χ4v) is 1.71. The van der Waals surface area contributed by atoms with Crippen LogP contribution in [0.25, 0.3) is 10.9 Å². The average Bonchev–Trinajstić information content (AvgIpc) is 2.24. The molecule has 0 atom stereocenters. The number of pyridine rings is 1. The van der Waals surface area contributed by atoms with Crippen molar-refractivity contribution in [1.82, 2.24) is 15.0 Å². The van der Waals surface area contributed by atoms with Crippen molar-refractivity contribution in [3.05, 3.63) is 32.3 Å². The minimum absolute atomic E-state index is 0.402. The van der Waals surface area contributed by atoms with E-state index >= 15 is 0 Å². The van der Waals surface area contributed by atoms with Gasteiger partial charge in [0, 0.05) is 0 Å². The number of fused-ring (bicyclic) bond motifs is 1. The molecule has 1 N–H and O–H groups in total. The largest absolute Gasteiger partial charge is 0.305 e. The van der Waals surface area contributed by atoms with E-state index in [1.807, 2.05) is 0 Å². The third-order valence-corrected chi connectivity index (χ3v) is 2.46. The normalized spacial score (nSPS) is 11.4. The Bertz CT molecular complexity index is 658. The summed E-state index contributed by atoms with van der Waals surface area (Å²) in [4.78, 5) is 19.8. The molecule has 0 amide bonds. The molecule has 0 aromatic carbocycles. The predicted molar refractivity (Wildman–Crippen MR) is 55.1 cm³/mol. The lowest BCUT2D eigenvalue weighted by Gasteiger charge is -2.04. The Morgan fingerprint density at radius 1 is 1.18 bits per heavy atom. The van der Waals surface area contributed by atoms with Gasteiger partial charge in [-0.1, -0.05) is 23.2 Å². The standard InChI is InChI=1S/C8H2Cl2F3N3O/c9-4-1-3(2(11)5(10)15-4)14-7(6(12)13)16-8(1)17/h6H,(H,14,16,17). The zero-order valence-electron chi connectivity index (χ0n) is 7.77. The predicted octanol–water partition coefficient (Wildman–Crippen LogP) is 2.70. The fourth-order valence-electron chi connectivity index (χ4n) is 1.23. The lowest BCUT2D eigenvalue weighted by molar-refractivity contribution is 0.140. The summed E-state index contributed by atoms with van der Waals surface area (Å²) in [6.45, 7) is 0. The van der Waals surface area contributed by atoms with Crippen LogP contribution >= 0.6 is 23.2 Å².